The van der Waals surface area contributed by atoms with Crippen molar-refractivity contribution in [1.82, 2.24) is 9.97 Å². The smallest absolute Gasteiger partial charge is 0.137 e. The molecule has 0 radical (unpaired) electrons. The average molecular weight is 250 g/mol. The van der Waals surface area contributed by atoms with Gasteiger partial charge in [-0.05, 0) is 18.1 Å². The molecule has 2 aromatic heterocycles. The van der Waals surface area contributed by atoms with Crippen molar-refractivity contribution in [3.63, 3.8) is 0 Å². The lowest BCUT2D eigenvalue weighted by Gasteiger charge is -1.94. The highest BCUT2D eigenvalue weighted by molar-refractivity contribution is 9.09. The molecule has 2 aromatic rings. The van der Waals surface area contributed by atoms with Gasteiger partial charge in [0.05, 0.1) is 5.56 Å². The highest BCUT2D eigenvalue weighted by atomic mass is 79.9. The molecule has 2 rings (SSSR count). The number of hydrogen-bond donors (Lipinski definition) is 1. The summed E-state index contributed by atoms with van der Waals surface area (Å²) in [4.78, 5) is 7.24. The first-order chi connectivity index (χ1) is 6.85. The summed E-state index contributed by atoms with van der Waals surface area (Å²) >= 11 is 3.39. The number of nitrogens with one attached hydrogen (secondary N) is 1. The number of nitriles is 1. The first-order valence-electron chi connectivity index (χ1n) is 4.27. The maximum absolute atomic E-state index is 8.75. The van der Waals surface area contributed by atoms with Gasteiger partial charge in [0.1, 0.15) is 11.7 Å². The average Bonchev–Trinajstić information content (AvgIpc) is 2.61. The lowest BCUT2D eigenvalue weighted by molar-refractivity contribution is 1.18. The van der Waals surface area contributed by atoms with Gasteiger partial charge in [-0.1, -0.05) is 15.9 Å². The van der Waals surface area contributed by atoms with Crippen LogP contribution in [0.1, 0.15) is 11.1 Å². The molecular formula is C10H8BrN3. The molecule has 0 amide bonds. The normalized spacial score (nSPS) is 10.3. The van der Waals surface area contributed by atoms with Gasteiger partial charge in [0.15, 0.2) is 0 Å². The SMILES string of the molecule is N#Cc1cnc2[nH]cc(CCBr)c2c1. The third kappa shape index (κ3) is 1.51. The summed E-state index contributed by atoms with van der Waals surface area (Å²) in [6.07, 6.45) is 4.47. The Morgan fingerprint density at radius 2 is 2.43 bits per heavy atom. The summed E-state index contributed by atoms with van der Waals surface area (Å²) in [7, 11) is 0. The molecule has 70 valence electrons. The van der Waals surface area contributed by atoms with Crippen molar-refractivity contribution in [2.24, 2.45) is 0 Å². The Hall–Kier alpha value is -1.34. The number of fused-ring (bicyclic) bond motifs is 1. The Labute approximate surface area is 89.9 Å². The van der Waals surface area contributed by atoms with E-state index in [4.69, 9.17) is 5.26 Å². The van der Waals surface area contributed by atoms with Crippen molar-refractivity contribution in [3.8, 4) is 6.07 Å². The van der Waals surface area contributed by atoms with Crippen molar-refractivity contribution in [1.29, 1.82) is 5.26 Å². The minimum atomic E-state index is 0.605. The molecule has 14 heavy (non-hydrogen) atoms. The van der Waals surface area contributed by atoms with Crippen molar-refractivity contribution >= 4 is 27.0 Å². The minimum Gasteiger partial charge on any atom is -0.346 e. The van der Waals surface area contributed by atoms with Crippen LogP contribution in [0.3, 0.4) is 0 Å². The number of alkyl halides is 1. The molecule has 0 aliphatic heterocycles. The Morgan fingerprint density at radius 3 is 3.14 bits per heavy atom. The zero-order valence-corrected chi connectivity index (χ0v) is 9.00. The van der Waals surface area contributed by atoms with E-state index in [1.54, 1.807) is 6.20 Å². The molecule has 0 saturated heterocycles. The van der Waals surface area contributed by atoms with E-state index in [-0.39, 0.29) is 0 Å². The summed E-state index contributed by atoms with van der Waals surface area (Å²) in [5, 5.41) is 10.7. The van der Waals surface area contributed by atoms with E-state index in [1.165, 1.54) is 5.56 Å². The van der Waals surface area contributed by atoms with Gasteiger partial charge in [-0.15, -0.1) is 0 Å². The van der Waals surface area contributed by atoms with Gasteiger partial charge in [-0.25, -0.2) is 4.98 Å². The monoisotopic (exact) mass is 249 g/mol. The maximum Gasteiger partial charge on any atom is 0.137 e. The second kappa shape index (κ2) is 3.81. The number of aryl methyl sites for hydroxylation is 1. The Balaban J connectivity index is 2.59. The first kappa shape index (κ1) is 9.22. The molecule has 0 unspecified atom stereocenters. The van der Waals surface area contributed by atoms with E-state index < -0.39 is 0 Å². The fourth-order valence-electron chi connectivity index (χ4n) is 1.43. The predicted molar refractivity (Wildman–Crippen MR) is 58.3 cm³/mol. The molecule has 4 heteroatoms. The van der Waals surface area contributed by atoms with Gasteiger partial charge in [0, 0.05) is 23.1 Å². The number of aromatic nitrogens is 2. The number of H-pyrrole nitrogens is 1. The maximum atomic E-state index is 8.75. The van der Waals surface area contributed by atoms with E-state index in [0.29, 0.717) is 5.56 Å². The van der Waals surface area contributed by atoms with Crippen molar-refractivity contribution in [3.05, 3.63) is 29.6 Å². The zero-order valence-electron chi connectivity index (χ0n) is 7.42. The van der Waals surface area contributed by atoms with Crippen LogP contribution in [0.2, 0.25) is 0 Å². The van der Waals surface area contributed by atoms with Gasteiger partial charge >= 0.3 is 0 Å². The molecule has 0 spiro atoms. The highest BCUT2D eigenvalue weighted by Crippen LogP contribution is 2.18. The molecule has 0 bridgehead atoms. The fraction of sp³-hybridized carbons (Fsp3) is 0.200. The molecule has 1 N–H and O–H groups in total. The number of rotatable bonds is 2. The van der Waals surface area contributed by atoms with E-state index >= 15 is 0 Å². The van der Waals surface area contributed by atoms with Crippen LogP contribution in [0.5, 0.6) is 0 Å². The predicted octanol–water partition coefficient (Wildman–Crippen LogP) is 2.37. The van der Waals surface area contributed by atoms with Crippen LogP contribution in [0.4, 0.5) is 0 Å². The Bertz CT molecular complexity index is 496. The molecule has 0 atom stereocenters. The van der Waals surface area contributed by atoms with Crippen molar-refractivity contribution in [2.45, 2.75) is 6.42 Å². The Morgan fingerprint density at radius 1 is 1.57 bits per heavy atom. The van der Waals surface area contributed by atoms with E-state index in [1.807, 2.05) is 12.3 Å². The van der Waals surface area contributed by atoms with Crippen molar-refractivity contribution < 1.29 is 0 Å². The lowest BCUT2D eigenvalue weighted by atomic mass is 10.1. The molecule has 0 aliphatic rings. The van der Waals surface area contributed by atoms with E-state index in [0.717, 1.165) is 22.8 Å². The second-order valence-electron chi connectivity index (χ2n) is 2.98. The van der Waals surface area contributed by atoms with Crippen LogP contribution in [-0.2, 0) is 6.42 Å². The second-order valence-corrected chi connectivity index (χ2v) is 3.78. The molecule has 0 fully saturated rings. The fourth-order valence-corrected chi connectivity index (χ4v) is 1.85. The minimum absolute atomic E-state index is 0.605. The van der Waals surface area contributed by atoms with Crippen LogP contribution in [0, 0.1) is 11.3 Å². The van der Waals surface area contributed by atoms with E-state index in [9.17, 15) is 0 Å². The summed E-state index contributed by atoms with van der Waals surface area (Å²) in [6, 6.07) is 3.96. The quantitative estimate of drug-likeness (QED) is 0.832. The largest absolute Gasteiger partial charge is 0.346 e. The van der Waals surface area contributed by atoms with Crippen LogP contribution in [0.25, 0.3) is 11.0 Å². The summed E-state index contributed by atoms with van der Waals surface area (Å²) < 4.78 is 0. The number of aromatic amines is 1. The van der Waals surface area contributed by atoms with Gasteiger partial charge < -0.3 is 4.98 Å². The standard InChI is InChI=1S/C10H8BrN3/c11-2-1-8-6-14-10-9(8)3-7(4-12)5-13-10/h3,5-6H,1-2H2,(H,13,14). The Kier molecular flexibility index (Phi) is 2.51. The number of hydrogen-bond acceptors (Lipinski definition) is 2. The molecule has 2 heterocycles. The summed E-state index contributed by atoms with van der Waals surface area (Å²) in [6.45, 7) is 0. The lowest BCUT2D eigenvalue weighted by Crippen LogP contribution is -1.84. The highest BCUT2D eigenvalue weighted by Gasteiger charge is 2.04. The summed E-state index contributed by atoms with van der Waals surface area (Å²) in [5.74, 6) is 0. The van der Waals surface area contributed by atoms with Crippen LogP contribution in [0.15, 0.2) is 18.5 Å². The molecule has 0 saturated carbocycles. The third-order valence-corrected chi connectivity index (χ3v) is 2.51. The molecule has 3 nitrogen and oxygen atoms in total. The van der Waals surface area contributed by atoms with Gasteiger partial charge in [-0.3, -0.25) is 0 Å². The van der Waals surface area contributed by atoms with E-state index in [2.05, 4.69) is 32.0 Å². The van der Waals surface area contributed by atoms with Crippen LogP contribution >= 0.6 is 15.9 Å². The third-order valence-electron chi connectivity index (χ3n) is 2.11. The van der Waals surface area contributed by atoms with Gasteiger partial charge in [0.25, 0.3) is 0 Å². The molecule has 0 aromatic carbocycles. The first-order valence-corrected chi connectivity index (χ1v) is 5.39. The van der Waals surface area contributed by atoms with Crippen molar-refractivity contribution in [2.75, 3.05) is 5.33 Å². The molecule has 0 aliphatic carbocycles. The molecular weight excluding hydrogens is 242 g/mol. The number of nitrogens with zero attached hydrogens (tertiary/aromatic N) is 2. The van der Waals surface area contributed by atoms with Crippen LogP contribution < -0.4 is 0 Å². The number of halogens is 1. The van der Waals surface area contributed by atoms with Crippen LogP contribution in [-0.4, -0.2) is 15.3 Å². The van der Waals surface area contributed by atoms with Gasteiger partial charge in [0.2, 0.25) is 0 Å². The zero-order chi connectivity index (χ0) is 9.97. The number of pyridine rings is 1. The topological polar surface area (TPSA) is 52.5 Å². The summed E-state index contributed by atoms with van der Waals surface area (Å²) in [5.41, 5.74) is 2.65. The van der Waals surface area contributed by atoms with Gasteiger partial charge in [-0.2, -0.15) is 5.26 Å².